The second-order valence-corrected chi connectivity index (χ2v) is 11.9. The number of amides is 2. The molecule has 3 aliphatic rings. The van der Waals surface area contributed by atoms with Gasteiger partial charge in [0.1, 0.15) is 18.4 Å². The maximum absolute atomic E-state index is 14.7. The average molecular weight is 563 g/mol. The second-order valence-electron chi connectivity index (χ2n) is 10.3. The van der Waals surface area contributed by atoms with Crippen molar-refractivity contribution in [3.05, 3.63) is 85.5 Å². The highest BCUT2D eigenvalue weighted by atomic mass is 32.2. The summed E-state index contributed by atoms with van der Waals surface area (Å²) in [6, 6.07) is 14.7. The number of anilines is 1. The van der Waals surface area contributed by atoms with Crippen molar-refractivity contribution in [3.63, 3.8) is 0 Å². The number of aliphatic hydroxyl groups excluding tert-OH is 1. The van der Waals surface area contributed by atoms with Crippen molar-refractivity contribution in [2.24, 2.45) is 11.8 Å². The molecule has 2 aromatic rings. The van der Waals surface area contributed by atoms with Gasteiger partial charge in [-0.2, -0.15) is 0 Å². The third-order valence-electron chi connectivity index (χ3n) is 8.24. The third-order valence-corrected chi connectivity index (χ3v) is 10.2. The number of methoxy groups -OCH3 is 1. The number of nitrogens with zero attached hydrogens (tertiary/aromatic N) is 2. The van der Waals surface area contributed by atoms with Crippen molar-refractivity contribution in [1.29, 1.82) is 0 Å². The number of hydrogen-bond donors (Lipinski definition) is 1. The van der Waals surface area contributed by atoms with Crippen LogP contribution in [0.15, 0.2) is 79.9 Å². The van der Waals surface area contributed by atoms with Crippen molar-refractivity contribution >= 4 is 35.2 Å². The Hall–Kier alpha value is -3.56. The molecule has 1 N–H and O–H groups in total. The summed E-state index contributed by atoms with van der Waals surface area (Å²) in [5, 5.41) is 10.5. The summed E-state index contributed by atoms with van der Waals surface area (Å²) in [6.07, 6.45) is 4.45. The molecule has 2 bridgehead atoms. The standard InChI is InChI=1S/C31H34N2O6S/c1-4-17-32(21-11-13-22(38-3)14-12-21)29(36)27-31-16-15-24(40-31)25(30(37)39-18-5-2)26(31)28(35)33(27)23(19-34)20-9-7-6-8-10-20/h4-14,23-27,34H,1-2,15-19H2,3H3/t23-,24-,25+,26+,27?,31?/m1/s1. The molecule has 2 unspecified atom stereocenters. The molecule has 9 heteroatoms. The summed E-state index contributed by atoms with van der Waals surface area (Å²) < 4.78 is 9.92. The third kappa shape index (κ3) is 4.51. The summed E-state index contributed by atoms with van der Waals surface area (Å²) in [4.78, 5) is 45.5. The fourth-order valence-electron chi connectivity index (χ4n) is 6.60. The molecular weight excluding hydrogens is 528 g/mol. The van der Waals surface area contributed by atoms with Crippen LogP contribution in [0.25, 0.3) is 0 Å². The first kappa shape index (κ1) is 28.0. The van der Waals surface area contributed by atoms with Crippen LogP contribution in [-0.2, 0) is 19.1 Å². The Bertz CT molecular complexity index is 1280. The van der Waals surface area contributed by atoms with Gasteiger partial charge in [0.2, 0.25) is 5.91 Å². The van der Waals surface area contributed by atoms with Crippen LogP contribution in [0.1, 0.15) is 24.4 Å². The normalized spacial score (nSPS) is 27.1. The predicted molar refractivity (Wildman–Crippen MR) is 154 cm³/mol. The molecule has 0 aromatic heterocycles. The Kier molecular flexibility index (Phi) is 8.05. The van der Waals surface area contributed by atoms with Gasteiger partial charge in [-0.15, -0.1) is 18.3 Å². The highest BCUT2D eigenvalue weighted by molar-refractivity contribution is 8.02. The Morgan fingerprint density at radius 1 is 1.18 bits per heavy atom. The number of aliphatic hydroxyl groups is 1. The number of fused-ring (bicyclic) bond motifs is 1. The summed E-state index contributed by atoms with van der Waals surface area (Å²) in [7, 11) is 1.58. The fourth-order valence-corrected chi connectivity index (χ4v) is 8.79. The number of hydrogen-bond acceptors (Lipinski definition) is 7. The number of likely N-dealkylation sites (tertiary alicyclic amines) is 1. The van der Waals surface area contributed by atoms with E-state index >= 15 is 0 Å². The smallest absolute Gasteiger partial charge is 0.311 e. The van der Waals surface area contributed by atoms with E-state index in [0.29, 0.717) is 24.3 Å². The van der Waals surface area contributed by atoms with E-state index in [4.69, 9.17) is 9.47 Å². The molecule has 3 heterocycles. The van der Waals surface area contributed by atoms with Gasteiger partial charge in [-0.3, -0.25) is 14.4 Å². The Labute approximate surface area is 238 Å². The van der Waals surface area contributed by atoms with Crippen LogP contribution in [0.5, 0.6) is 5.75 Å². The molecule has 6 atom stereocenters. The van der Waals surface area contributed by atoms with Gasteiger partial charge >= 0.3 is 5.97 Å². The fraction of sp³-hybridized carbons (Fsp3) is 0.387. The SMILES string of the molecule is C=CCOC(=O)[C@@H]1[C@H]2C(=O)N([C@H](CO)c3ccccc3)C(C(=O)N(CC=C)c3ccc(OC)cc3)C23CC[C@H]1S3. The van der Waals surface area contributed by atoms with Crippen LogP contribution in [0.4, 0.5) is 5.69 Å². The lowest BCUT2D eigenvalue weighted by Crippen LogP contribution is -2.56. The van der Waals surface area contributed by atoms with Crippen LogP contribution in [0, 0.1) is 11.8 Å². The van der Waals surface area contributed by atoms with E-state index in [1.165, 1.54) is 6.08 Å². The van der Waals surface area contributed by atoms with Crippen LogP contribution in [0.3, 0.4) is 0 Å². The zero-order valence-electron chi connectivity index (χ0n) is 22.5. The molecule has 40 heavy (non-hydrogen) atoms. The molecule has 3 saturated heterocycles. The monoisotopic (exact) mass is 562 g/mol. The van der Waals surface area contributed by atoms with Gasteiger partial charge in [0.15, 0.2) is 0 Å². The number of esters is 1. The van der Waals surface area contributed by atoms with Gasteiger partial charge in [-0.05, 0) is 42.7 Å². The molecule has 1 spiro atoms. The largest absolute Gasteiger partial charge is 0.497 e. The average Bonchev–Trinajstić information content (AvgIpc) is 3.63. The Balaban J connectivity index is 1.62. The lowest BCUT2D eigenvalue weighted by molar-refractivity contribution is -0.153. The number of rotatable bonds is 11. The van der Waals surface area contributed by atoms with Crippen molar-refractivity contribution in [2.75, 3.05) is 31.8 Å². The van der Waals surface area contributed by atoms with E-state index < -0.39 is 34.6 Å². The second kappa shape index (κ2) is 11.5. The summed E-state index contributed by atoms with van der Waals surface area (Å²) in [6.45, 7) is 7.40. The van der Waals surface area contributed by atoms with Gasteiger partial charge in [0.25, 0.3) is 5.91 Å². The summed E-state index contributed by atoms with van der Waals surface area (Å²) >= 11 is 1.56. The number of ether oxygens (including phenoxy) is 2. The molecule has 0 aliphatic carbocycles. The highest BCUT2D eigenvalue weighted by Crippen LogP contribution is 2.67. The van der Waals surface area contributed by atoms with Crippen molar-refractivity contribution in [1.82, 2.24) is 4.90 Å². The van der Waals surface area contributed by atoms with Crippen LogP contribution >= 0.6 is 11.8 Å². The zero-order valence-corrected chi connectivity index (χ0v) is 23.3. The van der Waals surface area contributed by atoms with E-state index in [1.54, 1.807) is 59.0 Å². The maximum atomic E-state index is 14.7. The lowest BCUT2D eigenvalue weighted by Gasteiger charge is -2.39. The molecule has 0 saturated carbocycles. The lowest BCUT2D eigenvalue weighted by atomic mass is 9.71. The molecule has 0 radical (unpaired) electrons. The van der Waals surface area contributed by atoms with E-state index in [9.17, 15) is 19.5 Å². The topological polar surface area (TPSA) is 96.4 Å². The Morgan fingerprint density at radius 3 is 2.52 bits per heavy atom. The zero-order chi connectivity index (χ0) is 28.4. The maximum Gasteiger partial charge on any atom is 0.311 e. The molecular formula is C31H34N2O6S. The van der Waals surface area contributed by atoms with E-state index in [2.05, 4.69) is 13.2 Å². The number of benzene rings is 2. The minimum Gasteiger partial charge on any atom is -0.497 e. The minimum atomic E-state index is -0.906. The summed E-state index contributed by atoms with van der Waals surface area (Å²) in [5.74, 6) is -1.77. The first-order valence-electron chi connectivity index (χ1n) is 13.4. The van der Waals surface area contributed by atoms with Crippen LogP contribution < -0.4 is 9.64 Å². The molecule has 210 valence electrons. The molecule has 5 rings (SSSR count). The molecule has 3 aliphatic heterocycles. The molecule has 8 nitrogen and oxygen atoms in total. The van der Waals surface area contributed by atoms with E-state index in [-0.39, 0.29) is 36.8 Å². The number of carbonyl (C=O) groups excluding carboxylic acids is 3. The van der Waals surface area contributed by atoms with E-state index in [0.717, 1.165) is 5.56 Å². The van der Waals surface area contributed by atoms with Crippen LogP contribution in [-0.4, -0.2) is 70.7 Å². The first-order valence-corrected chi connectivity index (χ1v) is 14.3. The highest BCUT2D eigenvalue weighted by Gasteiger charge is 2.75. The van der Waals surface area contributed by atoms with Gasteiger partial charge in [0, 0.05) is 17.5 Å². The van der Waals surface area contributed by atoms with E-state index in [1.807, 2.05) is 30.3 Å². The Morgan fingerprint density at radius 2 is 1.90 bits per heavy atom. The van der Waals surface area contributed by atoms with Gasteiger partial charge in [-0.25, -0.2) is 0 Å². The van der Waals surface area contributed by atoms with Gasteiger partial charge < -0.3 is 24.4 Å². The molecule has 2 amide bonds. The van der Waals surface area contributed by atoms with Crippen molar-refractivity contribution in [3.8, 4) is 5.75 Å². The van der Waals surface area contributed by atoms with Gasteiger partial charge in [0.05, 0.1) is 36.3 Å². The first-order chi connectivity index (χ1) is 19.4. The molecule has 3 fully saturated rings. The quantitative estimate of drug-likeness (QED) is 0.329. The number of thioether (sulfide) groups is 1. The van der Waals surface area contributed by atoms with Crippen LogP contribution in [0.2, 0.25) is 0 Å². The molecule has 2 aromatic carbocycles. The van der Waals surface area contributed by atoms with Crippen molar-refractivity contribution in [2.45, 2.75) is 34.9 Å². The van der Waals surface area contributed by atoms with Crippen molar-refractivity contribution < 1.29 is 29.0 Å². The minimum absolute atomic E-state index is 0.0561. The number of carbonyl (C=O) groups is 3. The van der Waals surface area contributed by atoms with Gasteiger partial charge in [-0.1, -0.05) is 49.1 Å². The predicted octanol–water partition coefficient (Wildman–Crippen LogP) is 3.77. The summed E-state index contributed by atoms with van der Waals surface area (Å²) in [5.41, 5.74) is 1.36.